The topological polar surface area (TPSA) is 81.7 Å². The molecule has 0 heterocycles. The first kappa shape index (κ1) is 22.1. The number of ether oxygens (including phenoxy) is 2. The minimum Gasteiger partial charge on any atom is -0.482 e. The van der Waals surface area contributed by atoms with Crippen LogP contribution in [0, 0.1) is 0 Å². The molecule has 2 aromatic carbocycles. The Bertz CT molecular complexity index is 866. The Balaban J connectivity index is 1.85. The summed E-state index contributed by atoms with van der Waals surface area (Å²) in [6.45, 7) is 7.29. The Morgan fingerprint density at radius 2 is 1.59 bits per heavy atom. The molecule has 0 bridgehead atoms. The number of para-hydroxylation sites is 1. The van der Waals surface area contributed by atoms with Crippen molar-refractivity contribution in [3.63, 3.8) is 0 Å². The number of anilines is 1. The van der Waals surface area contributed by atoms with Crippen molar-refractivity contribution in [2.75, 3.05) is 18.5 Å². The van der Waals surface area contributed by atoms with E-state index in [0.29, 0.717) is 23.4 Å². The van der Waals surface area contributed by atoms with Crippen molar-refractivity contribution < 1.29 is 23.9 Å². The lowest BCUT2D eigenvalue weighted by Crippen LogP contribution is -2.21. The Hall–Kier alpha value is -3.15. The largest absolute Gasteiger partial charge is 0.482 e. The lowest BCUT2D eigenvalue weighted by atomic mass is 9.86. The van der Waals surface area contributed by atoms with Crippen LogP contribution in [0.3, 0.4) is 0 Å². The quantitative estimate of drug-likeness (QED) is 0.535. The number of nitrogens with one attached hydrogen (secondary N) is 1. The standard InChI is InChI=1S/C23H27NO5/c1-5-21(26)24-17-12-10-16(11-13-17)19(25)14-29-22(27)15-28-20-9-7-6-8-18(20)23(2,3)4/h6-13H,5,14-15H2,1-4H3,(H,24,26). The SMILES string of the molecule is CCC(=O)Nc1ccc(C(=O)COC(=O)COc2ccccc2C(C)(C)C)cc1. The lowest BCUT2D eigenvalue weighted by Gasteiger charge is -2.22. The first-order chi connectivity index (χ1) is 13.7. The van der Waals surface area contributed by atoms with E-state index in [2.05, 4.69) is 26.1 Å². The number of rotatable bonds is 8. The van der Waals surface area contributed by atoms with Crippen molar-refractivity contribution in [2.24, 2.45) is 0 Å². The molecule has 0 saturated carbocycles. The molecule has 0 spiro atoms. The van der Waals surface area contributed by atoms with E-state index < -0.39 is 5.97 Å². The molecular weight excluding hydrogens is 370 g/mol. The summed E-state index contributed by atoms with van der Waals surface area (Å²) in [5, 5.41) is 2.70. The number of benzene rings is 2. The molecule has 1 N–H and O–H groups in total. The van der Waals surface area contributed by atoms with Gasteiger partial charge in [-0.15, -0.1) is 0 Å². The summed E-state index contributed by atoms with van der Waals surface area (Å²) in [6.07, 6.45) is 0.374. The molecule has 0 fully saturated rings. The number of Topliss-reactive ketones (excluding diaryl/α,β-unsaturated/α-hetero) is 1. The number of hydrogen-bond acceptors (Lipinski definition) is 5. The summed E-state index contributed by atoms with van der Waals surface area (Å²) >= 11 is 0. The third-order valence-corrected chi connectivity index (χ3v) is 4.22. The summed E-state index contributed by atoms with van der Waals surface area (Å²) in [4.78, 5) is 35.5. The van der Waals surface area contributed by atoms with Crippen LogP contribution in [0.1, 0.15) is 50.0 Å². The predicted molar refractivity (Wildman–Crippen MR) is 111 cm³/mol. The maximum Gasteiger partial charge on any atom is 0.344 e. The van der Waals surface area contributed by atoms with E-state index in [0.717, 1.165) is 5.56 Å². The van der Waals surface area contributed by atoms with Crippen molar-refractivity contribution in [3.05, 3.63) is 59.7 Å². The van der Waals surface area contributed by atoms with E-state index >= 15 is 0 Å². The van der Waals surface area contributed by atoms with Crippen molar-refractivity contribution in [1.29, 1.82) is 0 Å². The average Bonchev–Trinajstić information content (AvgIpc) is 2.70. The Morgan fingerprint density at radius 3 is 2.21 bits per heavy atom. The van der Waals surface area contributed by atoms with Crippen LogP contribution < -0.4 is 10.1 Å². The summed E-state index contributed by atoms with van der Waals surface area (Å²) in [7, 11) is 0. The molecule has 29 heavy (non-hydrogen) atoms. The highest BCUT2D eigenvalue weighted by atomic mass is 16.6. The van der Waals surface area contributed by atoms with E-state index in [-0.39, 0.29) is 30.3 Å². The second-order valence-corrected chi connectivity index (χ2v) is 7.60. The van der Waals surface area contributed by atoms with E-state index in [1.54, 1.807) is 37.3 Å². The number of amides is 1. The van der Waals surface area contributed by atoms with Crippen molar-refractivity contribution in [3.8, 4) is 5.75 Å². The number of carbonyl (C=O) groups excluding carboxylic acids is 3. The van der Waals surface area contributed by atoms with E-state index in [1.807, 2.05) is 18.2 Å². The zero-order chi connectivity index (χ0) is 21.4. The monoisotopic (exact) mass is 397 g/mol. The third-order valence-electron chi connectivity index (χ3n) is 4.22. The summed E-state index contributed by atoms with van der Waals surface area (Å²) in [5.41, 5.74) is 1.86. The summed E-state index contributed by atoms with van der Waals surface area (Å²) in [5.74, 6) is -0.435. The van der Waals surface area contributed by atoms with Crippen LogP contribution in [0.25, 0.3) is 0 Å². The summed E-state index contributed by atoms with van der Waals surface area (Å²) in [6, 6.07) is 13.9. The van der Waals surface area contributed by atoms with Crippen LogP contribution in [0.4, 0.5) is 5.69 Å². The van der Waals surface area contributed by atoms with Crippen LogP contribution in [0.5, 0.6) is 5.75 Å². The van der Waals surface area contributed by atoms with Crippen molar-refractivity contribution >= 4 is 23.3 Å². The van der Waals surface area contributed by atoms with Crippen LogP contribution in [-0.4, -0.2) is 30.9 Å². The minimum absolute atomic E-state index is 0.106. The van der Waals surface area contributed by atoms with Gasteiger partial charge in [0.2, 0.25) is 5.91 Å². The molecule has 1 amide bonds. The van der Waals surface area contributed by atoms with Gasteiger partial charge in [-0.25, -0.2) is 4.79 Å². The van der Waals surface area contributed by atoms with Gasteiger partial charge >= 0.3 is 5.97 Å². The minimum atomic E-state index is -0.617. The van der Waals surface area contributed by atoms with Gasteiger partial charge in [0.1, 0.15) is 5.75 Å². The maximum atomic E-state index is 12.2. The Morgan fingerprint density at radius 1 is 0.931 bits per heavy atom. The first-order valence-electron chi connectivity index (χ1n) is 9.51. The van der Waals surface area contributed by atoms with Crippen molar-refractivity contribution in [1.82, 2.24) is 0 Å². The van der Waals surface area contributed by atoms with Crippen molar-refractivity contribution in [2.45, 2.75) is 39.5 Å². The fourth-order valence-electron chi connectivity index (χ4n) is 2.61. The zero-order valence-corrected chi connectivity index (χ0v) is 17.3. The Kier molecular flexibility index (Phi) is 7.53. The fourth-order valence-corrected chi connectivity index (χ4v) is 2.61. The summed E-state index contributed by atoms with van der Waals surface area (Å²) < 4.78 is 10.6. The molecule has 0 unspecified atom stereocenters. The average molecular weight is 397 g/mol. The normalized spacial score (nSPS) is 10.9. The van der Waals surface area contributed by atoms with Crippen LogP contribution in [-0.2, 0) is 19.7 Å². The van der Waals surface area contributed by atoms with Gasteiger partial charge in [0.15, 0.2) is 19.0 Å². The molecule has 0 aliphatic rings. The van der Waals surface area contributed by atoms with E-state index in [4.69, 9.17) is 9.47 Å². The van der Waals surface area contributed by atoms with E-state index in [1.165, 1.54) is 0 Å². The predicted octanol–water partition coefficient (Wildman–Crippen LogP) is 4.14. The van der Waals surface area contributed by atoms with Gasteiger partial charge in [0.05, 0.1) is 0 Å². The van der Waals surface area contributed by atoms with Gasteiger partial charge in [-0.2, -0.15) is 0 Å². The van der Waals surface area contributed by atoms with Crippen LogP contribution >= 0.6 is 0 Å². The number of carbonyl (C=O) groups is 3. The second-order valence-electron chi connectivity index (χ2n) is 7.60. The lowest BCUT2D eigenvalue weighted by molar-refractivity contribution is -0.144. The molecule has 0 atom stereocenters. The molecular formula is C23H27NO5. The number of esters is 1. The highest BCUT2D eigenvalue weighted by Crippen LogP contribution is 2.30. The molecule has 0 aliphatic carbocycles. The Labute approximate surface area is 171 Å². The van der Waals surface area contributed by atoms with Gasteiger partial charge in [-0.05, 0) is 41.3 Å². The molecule has 2 rings (SSSR count). The first-order valence-corrected chi connectivity index (χ1v) is 9.51. The third kappa shape index (κ3) is 6.75. The molecule has 6 nitrogen and oxygen atoms in total. The zero-order valence-electron chi connectivity index (χ0n) is 17.3. The highest BCUT2D eigenvalue weighted by molar-refractivity contribution is 5.98. The smallest absolute Gasteiger partial charge is 0.344 e. The number of hydrogen-bond donors (Lipinski definition) is 1. The molecule has 0 radical (unpaired) electrons. The van der Waals surface area contributed by atoms with Gasteiger partial charge in [0.25, 0.3) is 0 Å². The van der Waals surface area contributed by atoms with Gasteiger partial charge < -0.3 is 14.8 Å². The second kappa shape index (κ2) is 9.87. The molecule has 0 aromatic heterocycles. The van der Waals surface area contributed by atoms with Crippen LogP contribution in [0.15, 0.2) is 48.5 Å². The number of ketones is 1. The fraction of sp³-hybridized carbons (Fsp3) is 0.348. The molecule has 2 aromatic rings. The molecule has 0 aliphatic heterocycles. The molecule has 0 saturated heterocycles. The highest BCUT2D eigenvalue weighted by Gasteiger charge is 2.19. The van der Waals surface area contributed by atoms with E-state index in [9.17, 15) is 14.4 Å². The molecule has 154 valence electrons. The maximum absolute atomic E-state index is 12.2. The van der Waals surface area contributed by atoms with Gasteiger partial charge in [-0.3, -0.25) is 9.59 Å². The van der Waals surface area contributed by atoms with Crippen LogP contribution in [0.2, 0.25) is 0 Å². The van der Waals surface area contributed by atoms with Gasteiger partial charge in [-0.1, -0.05) is 45.9 Å². The van der Waals surface area contributed by atoms with Gasteiger partial charge in [0, 0.05) is 17.7 Å². The molecule has 6 heteroatoms.